The fourth-order valence-electron chi connectivity index (χ4n) is 3.38. The maximum absolute atomic E-state index is 5.53. The van der Waals surface area contributed by atoms with Crippen LogP contribution in [0.3, 0.4) is 0 Å². The third-order valence-electron chi connectivity index (χ3n) is 4.76. The normalized spacial score (nSPS) is 10.9. The van der Waals surface area contributed by atoms with Crippen LogP contribution < -0.4 is 24.3 Å². The Kier molecular flexibility index (Phi) is 4.99. The molecule has 0 aliphatic carbocycles. The van der Waals surface area contributed by atoms with Gasteiger partial charge in [0.1, 0.15) is 23.4 Å². The molecule has 0 aliphatic heterocycles. The first-order valence-corrected chi connectivity index (χ1v) is 9.01. The molecule has 8 nitrogen and oxygen atoms in total. The fourth-order valence-corrected chi connectivity index (χ4v) is 3.38. The highest BCUT2D eigenvalue weighted by atomic mass is 16.5. The SMILES string of the molecule is COc1ccc2[nH]c(CNc3ncnc4c(OC)c(OC)c(OC)cc34)cc2c1. The van der Waals surface area contributed by atoms with Crippen LogP contribution in [0.25, 0.3) is 21.8 Å². The second kappa shape index (κ2) is 7.75. The molecule has 0 bridgehead atoms. The van der Waals surface area contributed by atoms with Gasteiger partial charge in [-0.25, -0.2) is 9.97 Å². The number of aromatic nitrogens is 3. The van der Waals surface area contributed by atoms with E-state index in [-0.39, 0.29) is 0 Å². The van der Waals surface area contributed by atoms with Crippen LogP contribution in [0.1, 0.15) is 5.69 Å². The Balaban J connectivity index is 1.69. The molecule has 0 aliphatic rings. The first-order valence-electron chi connectivity index (χ1n) is 9.01. The van der Waals surface area contributed by atoms with Crippen LogP contribution in [0.5, 0.6) is 23.0 Å². The molecule has 2 heterocycles. The highest BCUT2D eigenvalue weighted by molar-refractivity contribution is 5.96. The van der Waals surface area contributed by atoms with E-state index in [1.54, 1.807) is 28.4 Å². The highest BCUT2D eigenvalue weighted by Gasteiger charge is 2.19. The first-order chi connectivity index (χ1) is 14.2. The Hall–Kier alpha value is -3.68. The number of nitrogens with one attached hydrogen (secondary N) is 2. The molecule has 0 unspecified atom stereocenters. The van der Waals surface area contributed by atoms with Crippen molar-refractivity contribution in [1.29, 1.82) is 0 Å². The van der Waals surface area contributed by atoms with Crippen molar-refractivity contribution in [2.24, 2.45) is 0 Å². The fraction of sp³-hybridized carbons (Fsp3) is 0.238. The van der Waals surface area contributed by atoms with E-state index in [0.717, 1.165) is 27.7 Å². The topological polar surface area (TPSA) is 90.5 Å². The average Bonchev–Trinajstić information content (AvgIpc) is 3.17. The number of hydrogen-bond acceptors (Lipinski definition) is 7. The summed E-state index contributed by atoms with van der Waals surface area (Å²) in [6.45, 7) is 0.555. The number of anilines is 1. The zero-order valence-electron chi connectivity index (χ0n) is 16.7. The van der Waals surface area contributed by atoms with Gasteiger partial charge in [-0.15, -0.1) is 0 Å². The van der Waals surface area contributed by atoms with Gasteiger partial charge in [0, 0.05) is 16.6 Å². The van der Waals surface area contributed by atoms with Crippen molar-refractivity contribution in [3.05, 3.63) is 42.4 Å². The minimum atomic E-state index is 0.497. The van der Waals surface area contributed by atoms with Crippen molar-refractivity contribution in [1.82, 2.24) is 15.0 Å². The van der Waals surface area contributed by atoms with Crippen LogP contribution in [0.2, 0.25) is 0 Å². The Bertz CT molecular complexity index is 1170. The molecule has 0 saturated carbocycles. The molecular weight excluding hydrogens is 372 g/mol. The lowest BCUT2D eigenvalue weighted by molar-refractivity contribution is 0.327. The minimum absolute atomic E-state index is 0.497. The summed E-state index contributed by atoms with van der Waals surface area (Å²) in [5.74, 6) is 3.05. The van der Waals surface area contributed by atoms with Crippen LogP contribution in [0.4, 0.5) is 5.82 Å². The molecule has 4 rings (SSSR count). The maximum Gasteiger partial charge on any atom is 0.205 e. The summed E-state index contributed by atoms with van der Waals surface area (Å²) >= 11 is 0. The van der Waals surface area contributed by atoms with Crippen LogP contribution >= 0.6 is 0 Å². The molecule has 29 heavy (non-hydrogen) atoms. The Morgan fingerprint density at radius 2 is 1.72 bits per heavy atom. The predicted molar refractivity (Wildman–Crippen MR) is 111 cm³/mol. The Labute approximate surface area is 167 Å². The van der Waals surface area contributed by atoms with E-state index >= 15 is 0 Å². The summed E-state index contributed by atoms with van der Waals surface area (Å²) in [5, 5.41) is 5.23. The number of ether oxygens (including phenoxy) is 4. The van der Waals surface area contributed by atoms with Crippen molar-refractivity contribution in [2.75, 3.05) is 33.8 Å². The molecule has 4 aromatic rings. The quantitative estimate of drug-likeness (QED) is 0.493. The van der Waals surface area contributed by atoms with E-state index in [9.17, 15) is 0 Å². The van der Waals surface area contributed by atoms with Crippen LogP contribution in [0.15, 0.2) is 36.7 Å². The molecule has 2 N–H and O–H groups in total. The zero-order valence-corrected chi connectivity index (χ0v) is 16.7. The molecule has 0 saturated heterocycles. The van der Waals surface area contributed by atoms with Crippen LogP contribution in [0, 0.1) is 0 Å². The number of H-pyrrole nitrogens is 1. The minimum Gasteiger partial charge on any atom is -0.497 e. The van der Waals surface area contributed by atoms with Gasteiger partial charge in [-0.1, -0.05) is 0 Å². The predicted octanol–water partition coefficient (Wildman–Crippen LogP) is 3.76. The lowest BCUT2D eigenvalue weighted by Crippen LogP contribution is -2.04. The van der Waals surface area contributed by atoms with E-state index < -0.39 is 0 Å². The van der Waals surface area contributed by atoms with Crippen LogP contribution in [-0.2, 0) is 6.54 Å². The summed E-state index contributed by atoms with van der Waals surface area (Å²) in [7, 11) is 6.38. The number of benzene rings is 2. The zero-order chi connectivity index (χ0) is 20.4. The number of rotatable bonds is 7. The third kappa shape index (κ3) is 3.33. The second-order valence-electron chi connectivity index (χ2n) is 6.37. The van der Waals surface area contributed by atoms with Gasteiger partial charge in [0.05, 0.1) is 40.4 Å². The van der Waals surface area contributed by atoms with Gasteiger partial charge < -0.3 is 29.2 Å². The van der Waals surface area contributed by atoms with E-state index in [0.29, 0.717) is 35.1 Å². The van der Waals surface area contributed by atoms with E-state index in [1.807, 2.05) is 24.3 Å². The van der Waals surface area contributed by atoms with Gasteiger partial charge in [0.15, 0.2) is 11.5 Å². The summed E-state index contributed by atoms with van der Waals surface area (Å²) in [5.41, 5.74) is 2.71. The number of methoxy groups -OCH3 is 4. The van der Waals surface area contributed by atoms with Gasteiger partial charge in [-0.3, -0.25) is 0 Å². The van der Waals surface area contributed by atoms with E-state index in [1.165, 1.54) is 6.33 Å². The van der Waals surface area contributed by atoms with Gasteiger partial charge >= 0.3 is 0 Å². The lowest BCUT2D eigenvalue weighted by atomic mass is 10.2. The van der Waals surface area contributed by atoms with E-state index in [4.69, 9.17) is 18.9 Å². The molecule has 0 radical (unpaired) electrons. The van der Waals surface area contributed by atoms with Crippen molar-refractivity contribution in [3.63, 3.8) is 0 Å². The van der Waals surface area contributed by atoms with Gasteiger partial charge in [-0.05, 0) is 30.3 Å². The molecule has 8 heteroatoms. The molecule has 2 aromatic heterocycles. The molecule has 150 valence electrons. The second-order valence-corrected chi connectivity index (χ2v) is 6.37. The van der Waals surface area contributed by atoms with Crippen molar-refractivity contribution in [3.8, 4) is 23.0 Å². The molecule has 2 aromatic carbocycles. The number of nitrogens with zero attached hydrogens (tertiary/aromatic N) is 2. The first kappa shape index (κ1) is 18.7. The molecule has 0 spiro atoms. The van der Waals surface area contributed by atoms with Crippen molar-refractivity contribution < 1.29 is 18.9 Å². The summed E-state index contributed by atoms with van der Waals surface area (Å²) in [6.07, 6.45) is 1.50. The van der Waals surface area contributed by atoms with Gasteiger partial charge in [0.2, 0.25) is 5.75 Å². The number of fused-ring (bicyclic) bond motifs is 2. The molecule has 0 atom stereocenters. The lowest BCUT2D eigenvalue weighted by Gasteiger charge is -2.15. The van der Waals surface area contributed by atoms with Gasteiger partial charge in [0.25, 0.3) is 0 Å². The molecular formula is C21H22N4O4. The maximum atomic E-state index is 5.53. The largest absolute Gasteiger partial charge is 0.497 e. The Morgan fingerprint density at radius 3 is 2.45 bits per heavy atom. The molecule has 0 fully saturated rings. The molecule has 0 amide bonds. The summed E-state index contributed by atoms with van der Waals surface area (Å²) < 4.78 is 21.7. The van der Waals surface area contributed by atoms with Crippen molar-refractivity contribution in [2.45, 2.75) is 6.54 Å². The number of aromatic amines is 1. The highest BCUT2D eigenvalue weighted by Crippen LogP contribution is 2.43. The Morgan fingerprint density at radius 1 is 0.897 bits per heavy atom. The number of hydrogen-bond donors (Lipinski definition) is 2. The monoisotopic (exact) mass is 394 g/mol. The average molecular weight is 394 g/mol. The van der Waals surface area contributed by atoms with Crippen molar-refractivity contribution >= 4 is 27.6 Å². The smallest absolute Gasteiger partial charge is 0.205 e. The van der Waals surface area contributed by atoms with Gasteiger partial charge in [-0.2, -0.15) is 0 Å². The summed E-state index contributed by atoms with van der Waals surface area (Å²) in [4.78, 5) is 12.2. The summed E-state index contributed by atoms with van der Waals surface area (Å²) in [6, 6.07) is 9.85. The third-order valence-corrected chi connectivity index (χ3v) is 4.76. The van der Waals surface area contributed by atoms with E-state index in [2.05, 4.69) is 26.3 Å². The van der Waals surface area contributed by atoms with Crippen LogP contribution in [-0.4, -0.2) is 43.4 Å². The standard InChI is InChI=1S/C21H22N4O4/c1-26-14-5-6-16-12(8-14)7-13(25-16)10-22-21-15-9-17(27-2)19(28-3)20(29-4)18(15)23-11-24-21/h5-9,11,25H,10H2,1-4H3,(H,22,23,24).